The van der Waals surface area contributed by atoms with E-state index in [4.69, 9.17) is 4.74 Å². The molecule has 0 radical (unpaired) electrons. The predicted octanol–water partition coefficient (Wildman–Crippen LogP) is 3.66. The first kappa shape index (κ1) is 22.4. The lowest BCUT2D eigenvalue weighted by Gasteiger charge is -2.26. The highest BCUT2D eigenvalue weighted by Crippen LogP contribution is 2.20. The van der Waals surface area contributed by atoms with Crippen LogP contribution in [0.2, 0.25) is 0 Å². The van der Waals surface area contributed by atoms with Crippen LogP contribution in [0.15, 0.2) is 53.8 Å². The molecule has 1 saturated heterocycles. The summed E-state index contributed by atoms with van der Waals surface area (Å²) in [5.41, 5.74) is 2.73. The van der Waals surface area contributed by atoms with E-state index in [1.54, 1.807) is 12.4 Å². The molecule has 1 unspecified atom stereocenters. The molecule has 3 heterocycles. The third kappa shape index (κ3) is 6.15. The summed E-state index contributed by atoms with van der Waals surface area (Å²) >= 11 is -1.51. The van der Waals surface area contributed by atoms with E-state index in [-0.39, 0.29) is 0 Å². The molecule has 1 atom stereocenters. The van der Waals surface area contributed by atoms with Gasteiger partial charge < -0.3 is 14.2 Å². The van der Waals surface area contributed by atoms with E-state index < -0.39 is 11.1 Å². The molecule has 4 rings (SSSR count). The normalized spacial score (nSPS) is 15.7. The summed E-state index contributed by atoms with van der Waals surface area (Å²) in [5.74, 6) is 1.45. The van der Waals surface area contributed by atoms with E-state index in [0.717, 1.165) is 24.4 Å². The fourth-order valence-electron chi connectivity index (χ4n) is 3.84. The molecule has 32 heavy (non-hydrogen) atoms. The Labute approximate surface area is 191 Å². The van der Waals surface area contributed by atoms with E-state index in [1.165, 1.54) is 37.9 Å². The number of H-pyrrole nitrogens is 1. The van der Waals surface area contributed by atoms with Crippen molar-refractivity contribution >= 4 is 22.6 Å². The molecule has 0 amide bonds. The first-order valence-electron chi connectivity index (χ1n) is 11.1. The Morgan fingerprint density at radius 2 is 2.00 bits per heavy atom. The van der Waals surface area contributed by atoms with Crippen LogP contribution in [0.5, 0.6) is 5.75 Å². The van der Waals surface area contributed by atoms with E-state index in [2.05, 4.69) is 41.8 Å². The van der Waals surface area contributed by atoms with Crippen molar-refractivity contribution in [3.63, 3.8) is 0 Å². The molecule has 0 bridgehead atoms. The summed E-state index contributed by atoms with van der Waals surface area (Å²) in [6.07, 6.45) is 8.11. The largest absolute Gasteiger partial charge is 0.548 e. The number of piperidine rings is 1. The van der Waals surface area contributed by atoms with Crippen LogP contribution in [0.25, 0.3) is 0 Å². The fraction of sp³-hybridized carbons (Fsp3) is 0.435. The molecule has 0 aliphatic carbocycles. The number of benzene rings is 1. The van der Waals surface area contributed by atoms with Crippen molar-refractivity contribution in [1.82, 2.24) is 18.6 Å². The maximum atomic E-state index is 11.9. The van der Waals surface area contributed by atoms with Crippen LogP contribution in [-0.4, -0.2) is 56.5 Å². The molecular formula is C23H30N6O2S. The summed E-state index contributed by atoms with van der Waals surface area (Å²) in [5, 5.41) is 0. The fourth-order valence-corrected chi connectivity index (χ4v) is 4.57. The molecule has 1 fully saturated rings. The van der Waals surface area contributed by atoms with Crippen LogP contribution in [0, 0.1) is 0 Å². The number of pyridine rings is 1. The van der Waals surface area contributed by atoms with Crippen molar-refractivity contribution in [1.29, 1.82) is 0 Å². The lowest BCUT2D eigenvalue weighted by Crippen LogP contribution is -2.29. The van der Waals surface area contributed by atoms with E-state index >= 15 is 0 Å². The van der Waals surface area contributed by atoms with Gasteiger partial charge in [-0.25, -0.2) is 0 Å². The van der Waals surface area contributed by atoms with Crippen molar-refractivity contribution in [3.8, 4) is 5.75 Å². The number of aromatic amines is 1. The van der Waals surface area contributed by atoms with Crippen LogP contribution in [-0.2, 0) is 6.54 Å². The number of rotatable bonds is 9. The quantitative estimate of drug-likeness (QED) is 0.392. The van der Waals surface area contributed by atoms with Gasteiger partial charge in [-0.1, -0.05) is 18.6 Å². The zero-order valence-corrected chi connectivity index (χ0v) is 19.3. The maximum Gasteiger partial charge on any atom is 0.238 e. The average Bonchev–Trinajstić information content (AvgIpc) is 3.20. The zero-order chi connectivity index (χ0) is 22.2. The Kier molecular flexibility index (Phi) is 7.87. The smallest absolute Gasteiger partial charge is 0.238 e. The molecular weight excluding hydrogens is 424 g/mol. The third-order valence-electron chi connectivity index (χ3n) is 5.53. The van der Waals surface area contributed by atoms with Crippen LogP contribution >= 0.6 is 11.1 Å². The topological polar surface area (TPSA) is 92.7 Å². The Morgan fingerprint density at radius 1 is 1.19 bits per heavy atom. The van der Waals surface area contributed by atoms with Gasteiger partial charge in [-0.15, -0.1) is 4.37 Å². The van der Waals surface area contributed by atoms with Crippen LogP contribution in [0.3, 0.4) is 0 Å². The summed E-state index contributed by atoms with van der Waals surface area (Å²) in [7, 11) is 1.87. The van der Waals surface area contributed by atoms with Gasteiger partial charge in [0.15, 0.2) is 11.1 Å². The molecule has 170 valence electrons. The Balaban J connectivity index is 1.30. The van der Waals surface area contributed by atoms with Gasteiger partial charge in [0, 0.05) is 49.0 Å². The Morgan fingerprint density at radius 3 is 2.81 bits per heavy atom. The second-order valence-electron chi connectivity index (χ2n) is 7.95. The van der Waals surface area contributed by atoms with Crippen molar-refractivity contribution in [2.75, 3.05) is 38.2 Å². The summed E-state index contributed by atoms with van der Waals surface area (Å²) in [4.78, 5) is 13.0. The molecule has 9 heteroatoms. The van der Waals surface area contributed by atoms with Gasteiger partial charge >= 0.3 is 0 Å². The number of nitrogens with zero attached hydrogens (tertiary/aromatic N) is 5. The van der Waals surface area contributed by atoms with Gasteiger partial charge in [-0.3, -0.25) is 14.9 Å². The number of hydrogen-bond donors (Lipinski definition) is 1. The standard InChI is InChI=1S/C23H30N6O2S/c1-28(20-9-12-24-13-10-20)23-22(26-32(30)27-23)25-11-6-16-31-21-8-5-7-19(17-21)18-29-14-3-2-4-15-29/h5,7-10,12-13,17H,2-4,6,11,14-16,18H2,1H3,(H,25,26). The van der Waals surface area contributed by atoms with Gasteiger partial charge in [0.05, 0.1) is 6.61 Å². The third-order valence-corrected chi connectivity index (χ3v) is 6.23. The molecule has 0 saturated carbocycles. The van der Waals surface area contributed by atoms with Crippen LogP contribution in [0.4, 0.5) is 11.5 Å². The minimum atomic E-state index is -1.51. The molecule has 2 aromatic heterocycles. The van der Waals surface area contributed by atoms with Gasteiger partial charge in [0.2, 0.25) is 11.3 Å². The Bertz CT molecular complexity index is 1050. The first-order chi connectivity index (χ1) is 15.7. The number of nitrogens with one attached hydrogen (secondary N) is 1. The number of anilines is 2. The summed E-state index contributed by atoms with van der Waals surface area (Å²) in [6, 6.07) is 12.1. The number of ether oxygens (including phenoxy) is 1. The van der Waals surface area contributed by atoms with Gasteiger partial charge in [0.25, 0.3) is 0 Å². The van der Waals surface area contributed by atoms with Crippen molar-refractivity contribution in [2.45, 2.75) is 32.2 Å². The number of hydrogen-bond acceptors (Lipinski definition) is 7. The molecule has 1 aromatic carbocycles. The van der Waals surface area contributed by atoms with E-state index in [9.17, 15) is 4.55 Å². The van der Waals surface area contributed by atoms with Crippen molar-refractivity contribution in [2.24, 2.45) is 4.99 Å². The Hall–Kier alpha value is -2.75. The highest BCUT2D eigenvalue weighted by molar-refractivity contribution is 7.13. The molecule has 3 aromatic rings. The number of likely N-dealkylation sites (tertiary alicyclic amines) is 1. The minimum absolute atomic E-state index is 0.533. The molecule has 1 aliphatic heterocycles. The monoisotopic (exact) mass is 454 g/mol. The highest BCUT2D eigenvalue weighted by atomic mass is 32.2. The van der Waals surface area contributed by atoms with Crippen molar-refractivity contribution < 1.29 is 9.29 Å². The predicted molar refractivity (Wildman–Crippen MR) is 126 cm³/mol. The lowest BCUT2D eigenvalue weighted by molar-refractivity contribution is 0.220. The maximum absolute atomic E-state index is 11.9. The summed E-state index contributed by atoms with van der Waals surface area (Å²) in [6.45, 7) is 4.48. The zero-order valence-electron chi connectivity index (χ0n) is 18.4. The minimum Gasteiger partial charge on any atom is -0.548 e. The van der Waals surface area contributed by atoms with Gasteiger partial charge in [0.1, 0.15) is 5.75 Å². The second kappa shape index (κ2) is 11.2. The van der Waals surface area contributed by atoms with E-state index in [1.807, 2.05) is 30.1 Å². The average molecular weight is 455 g/mol. The van der Waals surface area contributed by atoms with Crippen molar-refractivity contribution in [3.05, 3.63) is 59.8 Å². The first-order valence-corrected chi connectivity index (χ1v) is 12.2. The second-order valence-corrected chi connectivity index (χ2v) is 8.83. The molecule has 1 aliphatic rings. The molecule has 8 nitrogen and oxygen atoms in total. The molecule has 0 spiro atoms. The van der Waals surface area contributed by atoms with Crippen LogP contribution in [0.1, 0.15) is 31.2 Å². The summed E-state index contributed by atoms with van der Waals surface area (Å²) < 4.78 is 24.9. The van der Waals surface area contributed by atoms with Gasteiger partial charge in [-0.05, 0) is 55.8 Å². The lowest BCUT2D eigenvalue weighted by atomic mass is 10.1. The van der Waals surface area contributed by atoms with Crippen LogP contribution < -0.4 is 15.1 Å². The SMILES string of the molecule is CN(c1ccncc1)c1n[s+]([O-])[nH]c1=NCCCOc1cccc(CN2CCCCC2)c1. The van der Waals surface area contributed by atoms with E-state index in [0.29, 0.717) is 24.5 Å². The number of aromatic nitrogens is 3. The van der Waals surface area contributed by atoms with Gasteiger partial charge in [-0.2, -0.15) is 0 Å². The molecule has 1 N–H and O–H groups in total. The highest BCUT2D eigenvalue weighted by Gasteiger charge is 2.15.